The second-order valence-corrected chi connectivity index (χ2v) is 5.41. The topological polar surface area (TPSA) is 38.5 Å². The van der Waals surface area contributed by atoms with E-state index in [0.717, 1.165) is 19.6 Å². The van der Waals surface area contributed by atoms with Crippen LogP contribution in [0, 0.1) is 6.92 Å². The van der Waals surface area contributed by atoms with Gasteiger partial charge in [0.25, 0.3) is 0 Å². The molecule has 1 heterocycles. The van der Waals surface area contributed by atoms with Crippen LogP contribution in [0.5, 0.6) is 0 Å². The van der Waals surface area contributed by atoms with E-state index in [1.54, 1.807) is 18.4 Å². The molecule has 4 heteroatoms. The molecule has 3 nitrogen and oxygen atoms in total. The van der Waals surface area contributed by atoms with Gasteiger partial charge in [0.2, 0.25) is 0 Å². The molecule has 0 amide bonds. The summed E-state index contributed by atoms with van der Waals surface area (Å²) >= 11 is 1.80. The number of likely N-dealkylation sites (N-methyl/N-ethyl adjacent to an activating group) is 1. The van der Waals surface area contributed by atoms with Crippen molar-refractivity contribution in [2.75, 3.05) is 27.3 Å². The molecule has 2 unspecified atom stereocenters. The number of rotatable bonds is 7. The van der Waals surface area contributed by atoms with Crippen molar-refractivity contribution in [2.45, 2.75) is 32.4 Å². The first-order valence-electron chi connectivity index (χ1n) is 6.10. The fraction of sp³-hybridized carbons (Fsp3) is 0.692. The third kappa shape index (κ3) is 3.78. The Hall–Kier alpha value is -0.420. The van der Waals surface area contributed by atoms with Gasteiger partial charge in [0, 0.05) is 24.6 Å². The lowest BCUT2D eigenvalue weighted by Crippen LogP contribution is -2.40. The van der Waals surface area contributed by atoms with Crippen LogP contribution in [0.25, 0.3) is 0 Å². The van der Waals surface area contributed by atoms with Crippen molar-refractivity contribution in [3.8, 4) is 0 Å². The number of ether oxygens (including phenoxy) is 1. The first-order chi connectivity index (χ1) is 8.11. The van der Waals surface area contributed by atoms with Crippen LogP contribution in [-0.2, 0) is 4.74 Å². The molecule has 0 bridgehead atoms. The molecule has 1 aromatic rings. The molecule has 0 aliphatic rings. The van der Waals surface area contributed by atoms with Crippen LogP contribution in [0.4, 0.5) is 0 Å². The van der Waals surface area contributed by atoms with E-state index in [-0.39, 0.29) is 6.04 Å². The lowest BCUT2D eigenvalue weighted by molar-refractivity contribution is 0.129. The molecule has 0 aliphatic carbocycles. The van der Waals surface area contributed by atoms with Crippen molar-refractivity contribution in [2.24, 2.45) is 5.73 Å². The molecule has 0 aromatic carbocycles. The van der Waals surface area contributed by atoms with Gasteiger partial charge in [-0.05, 0) is 37.4 Å². The normalized spacial score (nSPS) is 15.2. The maximum absolute atomic E-state index is 6.27. The number of nitrogens with two attached hydrogens (primary N) is 1. The Morgan fingerprint density at radius 1 is 1.53 bits per heavy atom. The molecule has 1 rings (SSSR count). The summed E-state index contributed by atoms with van der Waals surface area (Å²) in [7, 11) is 3.86. The third-order valence-electron chi connectivity index (χ3n) is 3.17. The van der Waals surface area contributed by atoms with E-state index < -0.39 is 0 Å². The zero-order valence-electron chi connectivity index (χ0n) is 11.3. The summed E-state index contributed by atoms with van der Waals surface area (Å²) in [5.74, 6) is 0. The number of thiophene rings is 1. The number of hydrogen-bond donors (Lipinski definition) is 1. The largest absolute Gasteiger partial charge is 0.383 e. The van der Waals surface area contributed by atoms with Crippen molar-refractivity contribution in [1.82, 2.24) is 4.90 Å². The Morgan fingerprint density at radius 2 is 2.24 bits per heavy atom. The van der Waals surface area contributed by atoms with E-state index in [4.69, 9.17) is 10.5 Å². The number of methoxy groups -OCH3 is 1. The van der Waals surface area contributed by atoms with Gasteiger partial charge in [-0.2, -0.15) is 0 Å². The second-order valence-electron chi connectivity index (χ2n) is 4.46. The lowest BCUT2D eigenvalue weighted by atomic mass is 10.0. The summed E-state index contributed by atoms with van der Waals surface area (Å²) in [4.78, 5) is 3.69. The van der Waals surface area contributed by atoms with Crippen molar-refractivity contribution in [3.05, 3.63) is 21.9 Å². The zero-order chi connectivity index (χ0) is 12.8. The van der Waals surface area contributed by atoms with Crippen LogP contribution in [0.2, 0.25) is 0 Å². The maximum Gasteiger partial charge on any atom is 0.0594 e. The average Bonchev–Trinajstić information content (AvgIpc) is 2.73. The smallest absolute Gasteiger partial charge is 0.0594 e. The first-order valence-corrected chi connectivity index (χ1v) is 6.98. The molecule has 0 fully saturated rings. The summed E-state index contributed by atoms with van der Waals surface area (Å²) in [6.45, 7) is 5.95. The Bertz CT molecular complexity index is 327. The van der Waals surface area contributed by atoms with E-state index in [9.17, 15) is 0 Å². The molecular formula is C13H24N2OS. The highest BCUT2D eigenvalue weighted by atomic mass is 32.1. The van der Waals surface area contributed by atoms with Gasteiger partial charge in [-0.15, -0.1) is 11.3 Å². The monoisotopic (exact) mass is 256 g/mol. The molecule has 17 heavy (non-hydrogen) atoms. The summed E-state index contributed by atoms with van der Waals surface area (Å²) < 4.78 is 5.14. The van der Waals surface area contributed by atoms with Crippen molar-refractivity contribution < 1.29 is 4.74 Å². The van der Waals surface area contributed by atoms with Crippen LogP contribution in [-0.4, -0.2) is 38.3 Å². The molecule has 0 aliphatic heterocycles. The van der Waals surface area contributed by atoms with Crippen LogP contribution in [0.3, 0.4) is 0 Å². The van der Waals surface area contributed by atoms with Crippen molar-refractivity contribution in [1.29, 1.82) is 0 Å². The van der Waals surface area contributed by atoms with Gasteiger partial charge in [0.1, 0.15) is 0 Å². The van der Waals surface area contributed by atoms with Crippen LogP contribution in [0.1, 0.15) is 29.8 Å². The molecule has 0 saturated heterocycles. The summed E-state index contributed by atoms with van der Waals surface area (Å²) in [6, 6.07) is 2.64. The van der Waals surface area contributed by atoms with Crippen LogP contribution < -0.4 is 5.73 Å². The molecule has 1 aromatic heterocycles. The highest BCUT2D eigenvalue weighted by molar-refractivity contribution is 7.10. The molecule has 98 valence electrons. The number of hydrogen-bond acceptors (Lipinski definition) is 4. The molecule has 0 radical (unpaired) electrons. The molecule has 0 saturated carbocycles. The van der Waals surface area contributed by atoms with E-state index in [1.165, 1.54) is 10.4 Å². The Morgan fingerprint density at radius 3 is 2.71 bits per heavy atom. The molecular weight excluding hydrogens is 232 g/mol. The van der Waals surface area contributed by atoms with Gasteiger partial charge in [-0.1, -0.05) is 6.92 Å². The van der Waals surface area contributed by atoms with Gasteiger partial charge in [-0.3, -0.25) is 4.90 Å². The summed E-state index contributed by atoms with van der Waals surface area (Å²) in [5, 5.41) is 2.14. The fourth-order valence-corrected chi connectivity index (χ4v) is 3.17. The summed E-state index contributed by atoms with van der Waals surface area (Å²) in [6.07, 6.45) is 0.985. The minimum Gasteiger partial charge on any atom is -0.383 e. The fourth-order valence-electron chi connectivity index (χ4n) is 2.01. The SMILES string of the molecule is CCC(N)C(c1sccc1C)N(C)CCOC. The van der Waals surface area contributed by atoms with Gasteiger partial charge < -0.3 is 10.5 Å². The Labute approximate surface area is 109 Å². The van der Waals surface area contributed by atoms with E-state index in [2.05, 4.69) is 37.2 Å². The van der Waals surface area contributed by atoms with Crippen molar-refractivity contribution >= 4 is 11.3 Å². The van der Waals surface area contributed by atoms with Gasteiger partial charge in [0.05, 0.1) is 12.6 Å². The summed E-state index contributed by atoms with van der Waals surface area (Å²) in [5.41, 5.74) is 7.62. The average molecular weight is 256 g/mol. The molecule has 0 spiro atoms. The predicted octanol–water partition coefficient (Wildman–Crippen LogP) is 2.41. The predicted molar refractivity (Wildman–Crippen MR) is 74.6 cm³/mol. The number of nitrogens with zero attached hydrogens (tertiary/aromatic N) is 1. The third-order valence-corrected chi connectivity index (χ3v) is 4.26. The van der Waals surface area contributed by atoms with E-state index in [0.29, 0.717) is 6.04 Å². The Balaban J connectivity index is 2.84. The zero-order valence-corrected chi connectivity index (χ0v) is 12.1. The van der Waals surface area contributed by atoms with Crippen molar-refractivity contribution in [3.63, 3.8) is 0 Å². The lowest BCUT2D eigenvalue weighted by Gasteiger charge is -2.32. The highest BCUT2D eigenvalue weighted by Gasteiger charge is 2.25. The molecule has 2 atom stereocenters. The van der Waals surface area contributed by atoms with Gasteiger partial charge >= 0.3 is 0 Å². The van der Waals surface area contributed by atoms with Crippen LogP contribution in [0.15, 0.2) is 11.4 Å². The second kappa shape index (κ2) is 7.11. The minimum absolute atomic E-state index is 0.175. The van der Waals surface area contributed by atoms with Gasteiger partial charge in [-0.25, -0.2) is 0 Å². The van der Waals surface area contributed by atoms with Crippen LogP contribution >= 0.6 is 11.3 Å². The van der Waals surface area contributed by atoms with E-state index >= 15 is 0 Å². The number of aryl methyl sites for hydroxylation is 1. The maximum atomic E-state index is 6.27. The van der Waals surface area contributed by atoms with E-state index in [1.807, 2.05) is 0 Å². The Kier molecular flexibility index (Phi) is 6.12. The first kappa shape index (κ1) is 14.6. The quantitative estimate of drug-likeness (QED) is 0.814. The standard InChI is InChI=1S/C13H24N2OS/c1-5-11(14)12(15(3)7-8-16-4)13-10(2)6-9-17-13/h6,9,11-12H,5,7-8,14H2,1-4H3. The van der Waals surface area contributed by atoms with Gasteiger partial charge in [0.15, 0.2) is 0 Å². The minimum atomic E-state index is 0.175. The highest BCUT2D eigenvalue weighted by Crippen LogP contribution is 2.30. The molecule has 2 N–H and O–H groups in total.